The van der Waals surface area contributed by atoms with Crippen molar-refractivity contribution in [2.24, 2.45) is 0 Å². The molecule has 0 spiro atoms. The lowest BCUT2D eigenvalue weighted by Crippen LogP contribution is -2.31. The third-order valence-electron chi connectivity index (χ3n) is 3.20. The molecule has 0 saturated heterocycles. The van der Waals surface area contributed by atoms with Crippen molar-refractivity contribution in [1.29, 1.82) is 0 Å². The van der Waals surface area contributed by atoms with Gasteiger partial charge in [0, 0.05) is 23.6 Å². The number of anilines is 1. The highest BCUT2D eigenvalue weighted by molar-refractivity contribution is 9.10. The van der Waals surface area contributed by atoms with Crippen LogP contribution in [0.4, 0.5) is 5.82 Å². The van der Waals surface area contributed by atoms with E-state index in [-0.39, 0.29) is 0 Å². The number of rotatable bonds is 6. The minimum Gasteiger partial charge on any atom is -0.369 e. The fourth-order valence-electron chi connectivity index (χ4n) is 2.01. The highest BCUT2D eigenvalue weighted by Gasteiger charge is 2.27. The Morgan fingerprint density at radius 1 is 1.47 bits per heavy atom. The molecule has 1 aliphatic carbocycles. The van der Waals surface area contributed by atoms with Gasteiger partial charge in [0.15, 0.2) is 0 Å². The van der Waals surface area contributed by atoms with E-state index in [0.29, 0.717) is 0 Å². The van der Waals surface area contributed by atoms with Gasteiger partial charge in [-0.1, -0.05) is 6.92 Å². The summed E-state index contributed by atoms with van der Waals surface area (Å²) in [5.74, 6) is 0.970. The summed E-state index contributed by atoms with van der Waals surface area (Å²) in [7, 11) is 0. The smallest absolute Gasteiger partial charge is 0.126 e. The van der Waals surface area contributed by atoms with E-state index in [1.54, 1.807) is 0 Å². The van der Waals surface area contributed by atoms with Crippen molar-refractivity contribution in [2.45, 2.75) is 32.7 Å². The number of nitrogens with one attached hydrogen (secondary N) is 1. The van der Waals surface area contributed by atoms with E-state index in [0.717, 1.165) is 41.7 Å². The minimum atomic E-state index is 0.849. The van der Waals surface area contributed by atoms with Crippen LogP contribution >= 0.6 is 15.9 Å². The summed E-state index contributed by atoms with van der Waals surface area (Å²) in [5.41, 5.74) is 1.03. The molecule has 1 N–H and O–H groups in total. The van der Waals surface area contributed by atoms with E-state index >= 15 is 0 Å². The lowest BCUT2D eigenvalue weighted by molar-refractivity contribution is 0.289. The summed E-state index contributed by atoms with van der Waals surface area (Å²) in [6.07, 6.45) is 2.76. The Balaban J connectivity index is 1.78. The van der Waals surface area contributed by atoms with Gasteiger partial charge >= 0.3 is 0 Å². The summed E-state index contributed by atoms with van der Waals surface area (Å²) in [5, 5.41) is 3.39. The summed E-state index contributed by atoms with van der Waals surface area (Å²) in [6.45, 7) is 7.48. The zero-order valence-electron chi connectivity index (χ0n) is 10.5. The van der Waals surface area contributed by atoms with Crippen molar-refractivity contribution in [3.63, 3.8) is 0 Å². The van der Waals surface area contributed by atoms with Crippen molar-refractivity contribution in [3.05, 3.63) is 22.3 Å². The number of hydrogen-bond donors (Lipinski definition) is 1. The number of likely N-dealkylation sites (N-methyl/N-ethyl adjacent to an activating group) is 1. The quantitative estimate of drug-likeness (QED) is 0.875. The standard InChI is InChI=1S/C13H20BrN3/c1-3-17(11-4-5-11)9-8-15-13-7-6-12(14)10(2)16-13/h6-7,11H,3-5,8-9H2,1-2H3,(H,15,16). The maximum atomic E-state index is 4.48. The van der Waals surface area contributed by atoms with Gasteiger partial charge < -0.3 is 5.32 Å². The van der Waals surface area contributed by atoms with Crippen molar-refractivity contribution in [3.8, 4) is 0 Å². The second-order valence-electron chi connectivity index (χ2n) is 4.55. The van der Waals surface area contributed by atoms with Crippen LogP contribution < -0.4 is 5.32 Å². The van der Waals surface area contributed by atoms with E-state index in [4.69, 9.17) is 0 Å². The largest absolute Gasteiger partial charge is 0.369 e. The molecule has 0 atom stereocenters. The third kappa shape index (κ3) is 3.68. The first-order valence-corrected chi connectivity index (χ1v) is 7.11. The second-order valence-corrected chi connectivity index (χ2v) is 5.40. The van der Waals surface area contributed by atoms with E-state index in [2.05, 4.69) is 38.1 Å². The van der Waals surface area contributed by atoms with Crippen LogP contribution in [-0.4, -0.2) is 35.6 Å². The molecular weight excluding hydrogens is 278 g/mol. The van der Waals surface area contributed by atoms with E-state index in [9.17, 15) is 0 Å². The zero-order chi connectivity index (χ0) is 12.3. The molecule has 94 valence electrons. The SMILES string of the molecule is CCN(CCNc1ccc(Br)c(C)n1)C1CC1. The Morgan fingerprint density at radius 2 is 2.24 bits per heavy atom. The molecule has 0 aromatic carbocycles. The molecule has 1 fully saturated rings. The minimum absolute atomic E-state index is 0.849. The highest BCUT2D eigenvalue weighted by atomic mass is 79.9. The fourth-order valence-corrected chi connectivity index (χ4v) is 2.23. The van der Waals surface area contributed by atoms with Gasteiger partial charge in [-0.3, -0.25) is 4.90 Å². The molecule has 4 heteroatoms. The molecule has 2 rings (SSSR count). The average Bonchev–Trinajstić information content (AvgIpc) is 3.13. The second kappa shape index (κ2) is 5.83. The molecule has 1 saturated carbocycles. The normalized spacial score (nSPS) is 15.3. The van der Waals surface area contributed by atoms with Crippen LogP contribution in [0.2, 0.25) is 0 Å². The van der Waals surface area contributed by atoms with Crippen molar-refractivity contribution >= 4 is 21.7 Å². The monoisotopic (exact) mass is 297 g/mol. The Hall–Kier alpha value is -0.610. The van der Waals surface area contributed by atoms with Crippen LogP contribution in [0, 0.1) is 6.92 Å². The van der Waals surface area contributed by atoms with Crippen LogP contribution in [0.1, 0.15) is 25.5 Å². The molecule has 1 aromatic heterocycles. The lowest BCUT2D eigenvalue weighted by Gasteiger charge is -2.20. The number of halogens is 1. The molecule has 0 aliphatic heterocycles. The predicted octanol–water partition coefficient (Wildman–Crippen LogP) is 3.05. The molecule has 17 heavy (non-hydrogen) atoms. The summed E-state index contributed by atoms with van der Waals surface area (Å²) in [4.78, 5) is 7.02. The Morgan fingerprint density at radius 3 is 2.82 bits per heavy atom. The highest BCUT2D eigenvalue weighted by Crippen LogP contribution is 2.26. The Kier molecular flexibility index (Phi) is 4.40. The molecule has 1 aliphatic rings. The van der Waals surface area contributed by atoms with Gasteiger partial charge in [-0.2, -0.15) is 0 Å². The maximum Gasteiger partial charge on any atom is 0.126 e. The van der Waals surface area contributed by atoms with Gasteiger partial charge in [0.05, 0.1) is 5.69 Å². The van der Waals surface area contributed by atoms with Gasteiger partial charge in [-0.05, 0) is 54.4 Å². The Bertz CT molecular complexity index is 377. The number of aryl methyl sites for hydroxylation is 1. The molecule has 0 bridgehead atoms. The van der Waals surface area contributed by atoms with Crippen molar-refractivity contribution < 1.29 is 0 Å². The summed E-state index contributed by atoms with van der Waals surface area (Å²) in [6, 6.07) is 4.91. The molecule has 0 amide bonds. The van der Waals surface area contributed by atoms with E-state index in [1.165, 1.54) is 12.8 Å². The number of aromatic nitrogens is 1. The lowest BCUT2D eigenvalue weighted by atomic mass is 10.3. The van der Waals surface area contributed by atoms with Crippen LogP contribution in [0.5, 0.6) is 0 Å². The molecular formula is C13H20BrN3. The molecule has 1 aromatic rings. The van der Waals surface area contributed by atoms with Crippen molar-refractivity contribution in [2.75, 3.05) is 25.0 Å². The van der Waals surface area contributed by atoms with Gasteiger partial charge in [-0.25, -0.2) is 4.98 Å². The average molecular weight is 298 g/mol. The molecule has 0 unspecified atom stereocenters. The van der Waals surface area contributed by atoms with Crippen LogP contribution in [0.15, 0.2) is 16.6 Å². The number of hydrogen-bond acceptors (Lipinski definition) is 3. The van der Waals surface area contributed by atoms with E-state index in [1.807, 2.05) is 19.1 Å². The van der Waals surface area contributed by atoms with Gasteiger partial charge in [0.25, 0.3) is 0 Å². The fraction of sp³-hybridized carbons (Fsp3) is 0.615. The van der Waals surface area contributed by atoms with Crippen LogP contribution in [0.25, 0.3) is 0 Å². The van der Waals surface area contributed by atoms with Crippen LogP contribution in [-0.2, 0) is 0 Å². The molecule has 1 heterocycles. The Labute approximate surface area is 112 Å². The topological polar surface area (TPSA) is 28.2 Å². The molecule has 3 nitrogen and oxygen atoms in total. The van der Waals surface area contributed by atoms with Gasteiger partial charge in [-0.15, -0.1) is 0 Å². The van der Waals surface area contributed by atoms with Gasteiger partial charge in [0.2, 0.25) is 0 Å². The first-order chi connectivity index (χ1) is 8.20. The van der Waals surface area contributed by atoms with Crippen LogP contribution in [0.3, 0.4) is 0 Å². The first kappa shape index (κ1) is 12.8. The third-order valence-corrected chi connectivity index (χ3v) is 4.03. The van der Waals surface area contributed by atoms with E-state index < -0.39 is 0 Å². The predicted molar refractivity (Wildman–Crippen MR) is 75.4 cm³/mol. The summed E-state index contributed by atoms with van der Waals surface area (Å²) >= 11 is 3.46. The molecule has 0 radical (unpaired) electrons. The summed E-state index contributed by atoms with van der Waals surface area (Å²) < 4.78 is 1.07. The maximum absolute atomic E-state index is 4.48. The first-order valence-electron chi connectivity index (χ1n) is 6.31. The number of nitrogens with zero attached hydrogens (tertiary/aromatic N) is 2. The van der Waals surface area contributed by atoms with Crippen molar-refractivity contribution in [1.82, 2.24) is 9.88 Å². The zero-order valence-corrected chi connectivity index (χ0v) is 12.1. The number of pyridine rings is 1. The van der Waals surface area contributed by atoms with Gasteiger partial charge in [0.1, 0.15) is 5.82 Å².